The van der Waals surface area contributed by atoms with E-state index >= 15 is 0 Å². The van der Waals surface area contributed by atoms with Crippen LogP contribution in [0.5, 0.6) is 0 Å². The number of ketones is 1. The summed E-state index contributed by atoms with van der Waals surface area (Å²) in [4.78, 5) is 11.6. The average molecular weight is 212 g/mol. The topological polar surface area (TPSA) is 29.1 Å². The molecule has 14 heavy (non-hydrogen) atoms. The highest BCUT2D eigenvalue weighted by atomic mass is 35.5. The minimum absolute atomic E-state index is 0.0318. The van der Waals surface area contributed by atoms with Gasteiger partial charge in [-0.2, -0.15) is 0 Å². The molecule has 1 aromatic carbocycles. The van der Waals surface area contributed by atoms with Crippen molar-refractivity contribution in [2.75, 3.05) is 6.54 Å². The van der Waals surface area contributed by atoms with Crippen molar-refractivity contribution in [1.82, 2.24) is 5.32 Å². The maximum Gasteiger partial charge on any atom is 0.178 e. The van der Waals surface area contributed by atoms with Crippen molar-refractivity contribution in [3.05, 3.63) is 34.9 Å². The van der Waals surface area contributed by atoms with Crippen molar-refractivity contribution in [2.45, 2.75) is 19.9 Å². The molecule has 1 rings (SSSR count). The molecule has 0 amide bonds. The first kappa shape index (κ1) is 11.2. The van der Waals surface area contributed by atoms with Gasteiger partial charge in [0, 0.05) is 11.6 Å². The third-order valence-corrected chi connectivity index (χ3v) is 2.17. The van der Waals surface area contributed by atoms with Crippen molar-refractivity contribution >= 4 is 17.4 Å². The second-order valence-corrected chi connectivity index (χ2v) is 3.85. The lowest BCUT2D eigenvalue weighted by Crippen LogP contribution is -2.29. The molecule has 0 saturated heterocycles. The Kier molecular flexibility index (Phi) is 4.11. The highest BCUT2D eigenvalue weighted by Gasteiger charge is 2.09. The van der Waals surface area contributed by atoms with Gasteiger partial charge in [0.15, 0.2) is 5.78 Å². The number of hydrogen-bond donors (Lipinski definition) is 1. The summed E-state index contributed by atoms with van der Waals surface area (Å²) in [5, 5.41) is 3.58. The van der Waals surface area contributed by atoms with E-state index in [4.69, 9.17) is 11.6 Å². The predicted octanol–water partition coefficient (Wildman–Crippen LogP) is 2.52. The molecule has 0 unspecified atom stereocenters. The van der Waals surface area contributed by atoms with Gasteiger partial charge in [-0.3, -0.25) is 4.79 Å². The number of benzene rings is 1. The Hall–Kier alpha value is -0.860. The fraction of sp³-hybridized carbons (Fsp3) is 0.364. The molecule has 0 aromatic heterocycles. The molecule has 0 aliphatic rings. The molecule has 0 fully saturated rings. The first-order valence-electron chi connectivity index (χ1n) is 4.62. The molecular formula is C11H14ClNO. The van der Waals surface area contributed by atoms with Gasteiger partial charge in [-0.1, -0.05) is 37.6 Å². The third-order valence-electron chi connectivity index (χ3n) is 1.85. The number of rotatable bonds is 4. The summed E-state index contributed by atoms with van der Waals surface area (Å²) in [6.07, 6.45) is 0. The number of carbonyl (C=O) groups is 1. The summed E-state index contributed by atoms with van der Waals surface area (Å²) in [5.41, 5.74) is 0.585. The fourth-order valence-corrected chi connectivity index (χ4v) is 1.32. The smallest absolute Gasteiger partial charge is 0.178 e. The molecule has 0 bridgehead atoms. The number of nitrogens with one attached hydrogen (secondary N) is 1. The Bertz CT molecular complexity index is 323. The summed E-state index contributed by atoms with van der Waals surface area (Å²) in [6.45, 7) is 4.33. The van der Waals surface area contributed by atoms with Crippen LogP contribution < -0.4 is 5.32 Å². The van der Waals surface area contributed by atoms with Crippen molar-refractivity contribution < 1.29 is 4.79 Å². The van der Waals surface area contributed by atoms with Crippen molar-refractivity contribution in [3.8, 4) is 0 Å². The molecule has 2 nitrogen and oxygen atoms in total. The quantitative estimate of drug-likeness (QED) is 0.776. The van der Waals surface area contributed by atoms with Crippen LogP contribution in [0.15, 0.2) is 24.3 Å². The van der Waals surface area contributed by atoms with Crippen LogP contribution in [-0.4, -0.2) is 18.4 Å². The molecular weight excluding hydrogens is 198 g/mol. The lowest BCUT2D eigenvalue weighted by Gasteiger charge is -2.07. The highest BCUT2D eigenvalue weighted by molar-refractivity contribution is 6.34. The van der Waals surface area contributed by atoms with Crippen LogP contribution in [0.3, 0.4) is 0 Å². The average Bonchev–Trinajstić information content (AvgIpc) is 2.15. The maximum atomic E-state index is 11.6. The van der Waals surface area contributed by atoms with Gasteiger partial charge in [0.2, 0.25) is 0 Å². The summed E-state index contributed by atoms with van der Waals surface area (Å²) in [5.74, 6) is 0.0318. The van der Waals surface area contributed by atoms with Gasteiger partial charge in [-0.25, -0.2) is 0 Å². The van der Waals surface area contributed by atoms with Crippen molar-refractivity contribution in [1.29, 1.82) is 0 Å². The van der Waals surface area contributed by atoms with Crippen LogP contribution in [0.2, 0.25) is 5.02 Å². The predicted molar refractivity (Wildman–Crippen MR) is 58.9 cm³/mol. The van der Waals surface area contributed by atoms with Crippen molar-refractivity contribution in [2.24, 2.45) is 0 Å². The summed E-state index contributed by atoms with van der Waals surface area (Å²) >= 11 is 5.89. The molecule has 76 valence electrons. The van der Waals surface area contributed by atoms with Gasteiger partial charge < -0.3 is 5.32 Å². The van der Waals surface area contributed by atoms with Crippen LogP contribution in [-0.2, 0) is 0 Å². The Labute approximate surface area is 89.3 Å². The SMILES string of the molecule is CC(C)NCC(=O)c1ccccc1Cl. The van der Waals surface area contributed by atoms with E-state index in [9.17, 15) is 4.79 Å². The number of hydrogen-bond acceptors (Lipinski definition) is 2. The van der Waals surface area contributed by atoms with E-state index < -0.39 is 0 Å². The van der Waals surface area contributed by atoms with Gasteiger partial charge in [-0.05, 0) is 12.1 Å². The first-order chi connectivity index (χ1) is 6.61. The van der Waals surface area contributed by atoms with Crippen LogP contribution >= 0.6 is 11.6 Å². The van der Waals surface area contributed by atoms with Gasteiger partial charge in [0.05, 0.1) is 11.6 Å². The monoisotopic (exact) mass is 211 g/mol. The molecule has 3 heteroatoms. The van der Waals surface area contributed by atoms with Gasteiger partial charge in [-0.15, -0.1) is 0 Å². The van der Waals surface area contributed by atoms with E-state index in [2.05, 4.69) is 5.32 Å². The second kappa shape index (κ2) is 5.13. The Morgan fingerprint density at radius 3 is 2.64 bits per heavy atom. The normalized spacial score (nSPS) is 10.6. The van der Waals surface area contributed by atoms with Crippen LogP contribution in [0.4, 0.5) is 0 Å². The largest absolute Gasteiger partial charge is 0.307 e. The lowest BCUT2D eigenvalue weighted by atomic mass is 10.1. The minimum atomic E-state index is 0.0318. The van der Waals surface area contributed by atoms with Gasteiger partial charge in [0.1, 0.15) is 0 Å². The molecule has 1 aromatic rings. The fourth-order valence-electron chi connectivity index (χ4n) is 1.08. The zero-order valence-corrected chi connectivity index (χ0v) is 9.14. The zero-order chi connectivity index (χ0) is 10.6. The maximum absolute atomic E-state index is 11.6. The first-order valence-corrected chi connectivity index (χ1v) is 5.00. The van der Waals surface area contributed by atoms with E-state index in [0.29, 0.717) is 23.2 Å². The molecule has 0 heterocycles. The van der Waals surface area contributed by atoms with Gasteiger partial charge in [0.25, 0.3) is 0 Å². The molecule has 1 N–H and O–H groups in total. The molecule has 0 saturated carbocycles. The van der Waals surface area contributed by atoms with E-state index in [1.54, 1.807) is 12.1 Å². The van der Waals surface area contributed by atoms with E-state index in [-0.39, 0.29) is 5.78 Å². The number of Topliss-reactive ketones (excluding diaryl/α,β-unsaturated/α-hetero) is 1. The van der Waals surface area contributed by atoms with E-state index in [0.717, 1.165) is 0 Å². The second-order valence-electron chi connectivity index (χ2n) is 3.44. The highest BCUT2D eigenvalue weighted by Crippen LogP contribution is 2.14. The van der Waals surface area contributed by atoms with E-state index in [1.807, 2.05) is 26.0 Å². The number of carbonyl (C=O) groups excluding carboxylic acids is 1. The molecule has 0 spiro atoms. The van der Waals surface area contributed by atoms with E-state index in [1.165, 1.54) is 0 Å². The Morgan fingerprint density at radius 1 is 1.43 bits per heavy atom. The summed E-state index contributed by atoms with van der Waals surface area (Å²) < 4.78 is 0. The molecule has 0 radical (unpaired) electrons. The Morgan fingerprint density at radius 2 is 2.07 bits per heavy atom. The standard InChI is InChI=1S/C11H14ClNO/c1-8(2)13-7-11(14)9-5-3-4-6-10(9)12/h3-6,8,13H,7H2,1-2H3. The van der Waals surface area contributed by atoms with Crippen LogP contribution in [0.1, 0.15) is 24.2 Å². The number of halogens is 1. The third kappa shape index (κ3) is 3.13. The van der Waals surface area contributed by atoms with Crippen LogP contribution in [0.25, 0.3) is 0 Å². The van der Waals surface area contributed by atoms with Crippen LogP contribution in [0, 0.1) is 0 Å². The minimum Gasteiger partial charge on any atom is -0.307 e. The Balaban J connectivity index is 2.65. The zero-order valence-electron chi connectivity index (χ0n) is 8.38. The summed E-state index contributed by atoms with van der Waals surface area (Å²) in [6, 6.07) is 7.40. The van der Waals surface area contributed by atoms with Gasteiger partial charge >= 0.3 is 0 Å². The van der Waals surface area contributed by atoms with Crippen molar-refractivity contribution in [3.63, 3.8) is 0 Å². The lowest BCUT2D eigenvalue weighted by molar-refractivity contribution is 0.0988. The molecule has 0 aliphatic heterocycles. The summed E-state index contributed by atoms with van der Waals surface area (Å²) in [7, 11) is 0. The molecule has 0 aliphatic carbocycles. The molecule has 0 atom stereocenters.